The van der Waals surface area contributed by atoms with Crippen LogP contribution in [0.15, 0.2) is 71.6 Å². The van der Waals surface area contributed by atoms with Gasteiger partial charge >= 0.3 is 0 Å². The molecule has 0 aliphatic rings. The van der Waals surface area contributed by atoms with Crippen LogP contribution in [-0.2, 0) is 10.0 Å². The number of hydrogen-bond donors (Lipinski definition) is 3. The number of methoxy groups -OCH3 is 1. The number of hydrazine groups is 1. The Morgan fingerprint density at radius 3 is 2.11 bits per heavy atom. The monoisotopic (exact) mass is 497 g/mol. The van der Waals surface area contributed by atoms with Gasteiger partial charge in [-0.3, -0.25) is 25.2 Å². The van der Waals surface area contributed by atoms with Gasteiger partial charge in [-0.1, -0.05) is 25.1 Å². The molecule has 0 aliphatic heterocycles. The molecule has 0 atom stereocenters. The average Bonchev–Trinajstić information content (AvgIpc) is 2.87. The summed E-state index contributed by atoms with van der Waals surface area (Å²) in [6, 6.07) is 17.0. The Bertz CT molecular complexity index is 1310. The van der Waals surface area contributed by atoms with Gasteiger partial charge in [0.05, 0.1) is 24.3 Å². The zero-order valence-corrected chi connectivity index (χ0v) is 20.4. The molecule has 3 aromatic carbocycles. The van der Waals surface area contributed by atoms with Crippen LogP contribution in [-0.4, -0.2) is 33.9 Å². The molecule has 3 rings (SSSR count). The summed E-state index contributed by atoms with van der Waals surface area (Å²) < 4.78 is 38.7. The van der Waals surface area contributed by atoms with Crippen LogP contribution >= 0.6 is 0 Å². The lowest BCUT2D eigenvalue weighted by atomic mass is 10.2. The summed E-state index contributed by atoms with van der Waals surface area (Å²) in [6.45, 7) is 4.29. The highest BCUT2D eigenvalue weighted by Gasteiger charge is 2.17. The van der Waals surface area contributed by atoms with Crippen LogP contribution in [0.4, 0.5) is 5.69 Å². The summed E-state index contributed by atoms with van der Waals surface area (Å²) in [6.07, 6.45) is 0.827. The summed E-state index contributed by atoms with van der Waals surface area (Å²) in [5.74, 6) is -0.250. The molecule has 0 fully saturated rings. The van der Waals surface area contributed by atoms with Crippen LogP contribution < -0.4 is 25.0 Å². The van der Waals surface area contributed by atoms with Crippen LogP contribution in [0.2, 0.25) is 0 Å². The third-order valence-electron chi connectivity index (χ3n) is 4.99. The van der Waals surface area contributed by atoms with Crippen molar-refractivity contribution in [3.05, 3.63) is 83.4 Å². The van der Waals surface area contributed by atoms with Gasteiger partial charge in [0, 0.05) is 11.1 Å². The second kappa shape index (κ2) is 11.4. The molecule has 0 aliphatic carbocycles. The predicted molar refractivity (Wildman–Crippen MR) is 132 cm³/mol. The maximum Gasteiger partial charge on any atom is 0.269 e. The van der Waals surface area contributed by atoms with E-state index in [2.05, 4.69) is 15.6 Å². The summed E-state index contributed by atoms with van der Waals surface area (Å²) in [5.41, 5.74) is 6.32. The van der Waals surface area contributed by atoms with Gasteiger partial charge in [0.2, 0.25) is 0 Å². The lowest BCUT2D eigenvalue weighted by molar-refractivity contribution is 0.0846. The van der Waals surface area contributed by atoms with E-state index in [4.69, 9.17) is 9.47 Å². The summed E-state index contributed by atoms with van der Waals surface area (Å²) >= 11 is 0. The van der Waals surface area contributed by atoms with E-state index in [9.17, 15) is 18.0 Å². The first-order valence-electron chi connectivity index (χ1n) is 10.8. The second-order valence-electron chi connectivity index (χ2n) is 7.57. The number of sulfonamides is 1. The molecule has 0 saturated heterocycles. The van der Waals surface area contributed by atoms with Crippen LogP contribution in [0.5, 0.6) is 11.5 Å². The first kappa shape index (κ1) is 25.6. The first-order chi connectivity index (χ1) is 16.7. The third-order valence-corrected chi connectivity index (χ3v) is 6.37. The number of hydrogen-bond acceptors (Lipinski definition) is 6. The number of amides is 2. The fraction of sp³-hybridized carbons (Fsp3) is 0.200. The van der Waals surface area contributed by atoms with Crippen LogP contribution in [0.25, 0.3) is 0 Å². The maximum atomic E-state index is 12.7. The molecule has 2 amide bonds. The number of benzene rings is 3. The lowest BCUT2D eigenvalue weighted by Gasteiger charge is -2.12. The number of carbonyl (C=O) groups is 2. The molecule has 184 valence electrons. The normalized spacial score (nSPS) is 10.8. The quantitative estimate of drug-likeness (QED) is 0.388. The highest BCUT2D eigenvalue weighted by molar-refractivity contribution is 7.92. The first-order valence-corrected chi connectivity index (χ1v) is 12.3. The van der Waals surface area contributed by atoms with Crippen LogP contribution in [0.1, 0.15) is 39.6 Å². The van der Waals surface area contributed by atoms with Gasteiger partial charge in [-0.25, -0.2) is 8.42 Å². The SMILES string of the molecule is CCCOc1ccc(C(=O)NNC(=O)c2ccc(S(=O)(=O)Nc3ccccc3C)cc2)cc1OC. The maximum absolute atomic E-state index is 12.7. The van der Waals surface area contributed by atoms with Crippen molar-refractivity contribution in [1.29, 1.82) is 0 Å². The van der Waals surface area contributed by atoms with Crippen molar-refractivity contribution in [3.63, 3.8) is 0 Å². The minimum absolute atomic E-state index is 0.00110. The average molecular weight is 498 g/mol. The number of carbonyl (C=O) groups excluding carboxylic acids is 2. The molecule has 9 nitrogen and oxygen atoms in total. The van der Waals surface area contributed by atoms with Gasteiger partial charge in [0.15, 0.2) is 11.5 Å². The topological polar surface area (TPSA) is 123 Å². The molecule has 35 heavy (non-hydrogen) atoms. The fourth-order valence-electron chi connectivity index (χ4n) is 3.07. The summed E-state index contributed by atoms with van der Waals surface area (Å²) in [5, 5.41) is 0. The molecular formula is C25H27N3O6S. The van der Waals surface area contributed by atoms with Crippen molar-refractivity contribution >= 4 is 27.5 Å². The number of para-hydroxylation sites is 1. The molecule has 3 aromatic rings. The molecule has 0 heterocycles. The van der Waals surface area contributed by atoms with Crippen molar-refractivity contribution in [2.75, 3.05) is 18.4 Å². The fourth-order valence-corrected chi connectivity index (χ4v) is 4.21. The van der Waals surface area contributed by atoms with Gasteiger partial charge in [-0.2, -0.15) is 0 Å². The van der Waals surface area contributed by atoms with Crippen molar-refractivity contribution in [3.8, 4) is 11.5 Å². The van der Waals surface area contributed by atoms with Crippen molar-refractivity contribution in [2.45, 2.75) is 25.2 Å². The van der Waals surface area contributed by atoms with Gasteiger partial charge in [0.1, 0.15) is 0 Å². The number of anilines is 1. The standard InChI is InChI=1S/C25H27N3O6S/c1-4-15-34-22-14-11-19(16-23(22)33-3)25(30)27-26-24(29)18-9-12-20(13-10-18)35(31,32)28-21-8-6-5-7-17(21)2/h5-14,16,28H,4,15H2,1-3H3,(H,26,29)(H,27,30). The minimum Gasteiger partial charge on any atom is -0.493 e. The zero-order valence-electron chi connectivity index (χ0n) is 19.6. The van der Waals surface area contributed by atoms with Crippen molar-refractivity contribution < 1.29 is 27.5 Å². The smallest absolute Gasteiger partial charge is 0.269 e. The van der Waals surface area contributed by atoms with Gasteiger partial charge in [-0.05, 0) is 67.4 Å². The molecule has 0 aromatic heterocycles. The van der Waals surface area contributed by atoms with E-state index in [1.165, 1.54) is 37.4 Å². The minimum atomic E-state index is -3.83. The Balaban J connectivity index is 1.62. The van der Waals surface area contributed by atoms with E-state index in [1.807, 2.05) is 13.0 Å². The molecular weight excluding hydrogens is 470 g/mol. The molecule has 0 saturated carbocycles. The Labute approximate surface area is 204 Å². The molecule has 0 unspecified atom stereocenters. The van der Waals surface area contributed by atoms with E-state index < -0.39 is 21.8 Å². The van der Waals surface area contributed by atoms with Gasteiger partial charge in [-0.15, -0.1) is 0 Å². The highest BCUT2D eigenvalue weighted by atomic mass is 32.2. The van der Waals surface area contributed by atoms with E-state index in [0.29, 0.717) is 23.8 Å². The van der Waals surface area contributed by atoms with E-state index >= 15 is 0 Å². The van der Waals surface area contributed by atoms with Crippen LogP contribution in [0.3, 0.4) is 0 Å². The predicted octanol–water partition coefficient (Wildman–Crippen LogP) is 3.67. The Morgan fingerprint density at radius 1 is 0.857 bits per heavy atom. The van der Waals surface area contributed by atoms with Gasteiger partial charge in [0.25, 0.3) is 21.8 Å². The largest absolute Gasteiger partial charge is 0.493 e. The van der Waals surface area contributed by atoms with Crippen molar-refractivity contribution in [2.24, 2.45) is 0 Å². The van der Waals surface area contributed by atoms with E-state index in [0.717, 1.165) is 12.0 Å². The molecule has 0 spiro atoms. The molecule has 3 N–H and O–H groups in total. The molecule has 0 radical (unpaired) electrons. The number of nitrogens with one attached hydrogen (secondary N) is 3. The van der Waals surface area contributed by atoms with Crippen LogP contribution in [0, 0.1) is 6.92 Å². The molecule has 0 bridgehead atoms. The number of rotatable bonds is 9. The zero-order chi connectivity index (χ0) is 25.4. The lowest BCUT2D eigenvalue weighted by Crippen LogP contribution is -2.41. The highest BCUT2D eigenvalue weighted by Crippen LogP contribution is 2.28. The van der Waals surface area contributed by atoms with E-state index in [-0.39, 0.29) is 16.0 Å². The molecule has 10 heteroatoms. The van der Waals surface area contributed by atoms with E-state index in [1.54, 1.807) is 37.3 Å². The second-order valence-corrected chi connectivity index (χ2v) is 9.25. The number of ether oxygens (including phenoxy) is 2. The summed E-state index contributed by atoms with van der Waals surface area (Å²) in [7, 11) is -2.36. The van der Waals surface area contributed by atoms with Gasteiger partial charge < -0.3 is 9.47 Å². The summed E-state index contributed by atoms with van der Waals surface area (Å²) in [4.78, 5) is 24.9. The Kier molecular flexibility index (Phi) is 8.32. The van der Waals surface area contributed by atoms with Crippen molar-refractivity contribution in [1.82, 2.24) is 10.9 Å². The number of aryl methyl sites for hydroxylation is 1. The Morgan fingerprint density at radius 2 is 1.49 bits per heavy atom. The Hall–Kier alpha value is -4.05. The third kappa shape index (κ3) is 6.51.